The van der Waals surface area contributed by atoms with Crippen LogP contribution in [0.25, 0.3) is 0 Å². The number of benzene rings is 2. The Morgan fingerprint density at radius 3 is 2.17 bits per heavy atom. The number of hydrogen-bond donors (Lipinski definition) is 1. The molecule has 1 N–H and O–H groups in total. The molecule has 3 aromatic rings. The SMILES string of the molecule is O=C(c1ccco1)N(c1ccc(O)cc1)S(=O)(=O)c1ccccc1. The van der Waals surface area contributed by atoms with Gasteiger partial charge in [-0.15, -0.1) is 0 Å². The van der Waals surface area contributed by atoms with Crippen molar-refractivity contribution in [1.29, 1.82) is 0 Å². The Hall–Kier alpha value is -3.06. The average Bonchev–Trinajstić information content (AvgIpc) is 3.12. The molecule has 0 aliphatic heterocycles. The molecule has 0 saturated carbocycles. The maximum Gasteiger partial charge on any atom is 0.307 e. The molecule has 2 aromatic carbocycles. The first-order valence-electron chi connectivity index (χ1n) is 6.97. The summed E-state index contributed by atoms with van der Waals surface area (Å²) in [7, 11) is -4.15. The highest BCUT2D eigenvalue weighted by molar-refractivity contribution is 7.93. The highest BCUT2D eigenvalue weighted by Crippen LogP contribution is 2.27. The summed E-state index contributed by atoms with van der Waals surface area (Å²) in [6.45, 7) is 0. The van der Waals surface area contributed by atoms with Crippen LogP contribution in [0.4, 0.5) is 5.69 Å². The van der Waals surface area contributed by atoms with E-state index in [9.17, 15) is 18.3 Å². The number of amides is 1. The second-order valence-electron chi connectivity index (χ2n) is 4.88. The Kier molecular flexibility index (Phi) is 4.09. The van der Waals surface area contributed by atoms with E-state index in [1.165, 1.54) is 54.8 Å². The molecule has 7 heteroatoms. The van der Waals surface area contributed by atoms with E-state index in [-0.39, 0.29) is 22.1 Å². The van der Waals surface area contributed by atoms with Gasteiger partial charge in [-0.2, -0.15) is 4.31 Å². The van der Waals surface area contributed by atoms with Crippen molar-refractivity contribution in [3.63, 3.8) is 0 Å². The topological polar surface area (TPSA) is 87.8 Å². The van der Waals surface area contributed by atoms with Gasteiger partial charge in [-0.3, -0.25) is 4.79 Å². The third-order valence-electron chi connectivity index (χ3n) is 3.28. The van der Waals surface area contributed by atoms with Gasteiger partial charge in [-0.05, 0) is 48.5 Å². The van der Waals surface area contributed by atoms with Gasteiger partial charge in [0.25, 0.3) is 10.0 Å². The van der Waals surface area contributed by atoms with E-state index in [4.69, 9.17) is 4.42 Å². The molecular weight excluding hydrogens is 330 g/mol. The van der Waals surface area contributed by atoms with Gasteiger partial charge in [0.05, 0.1) is 16.8 Å². The number of carbonyl (C=O) groups excluding carboxylic acids is 1. The molecule has 0 aliphatic rings. The summed E-state index contributed by atoms with van der Waals surface area (Å²) in [5, 5.41) is 9.41. The van der Waals surface area contributed by atoms with E-state index in [2.05, 4.69) is 0 Å². The van der Waals surface area contributed by atoms with Crippen molar-refractivity contribution in [1.82, 2.24) is 0 Å². The Balaban J connectivity index is 2.15. The van der Waals surface area contributed by atoms with Gasteiger partial charge in [-0.1, -0.05) is 18.2 Å². The molecule has 0 spiro atoms. The Labute approximate surface area is 138 Å². The largest absolute Gasteiger partial charge is 0.508 e. The van der Waals surface area contributed by atoms with Crippen LogP contribution in [0.5, 0.6) is 5.75 Å². The van der Waals surface area contributed by atoms with Crippen LogP contribution in [0, 0.1) is 0 Å². The predicted octanol–water partition coefficient (Wildman–Crippen LogP) is 3.02. The summed E-state index contributed by atoms with van der Waals surface area (Å²) < 4.78 is 31.6. The molecule has 0 atom stereocenters. The lowest BCUT2D eigenvalue weighted by molar-refractivity contribution is 0.0979. The third kappa shape index (κ3) is 2.89. The molecule has 24 heavy (non-hydrogen) atoms. The Morgan fingerprint density at radius 2 is 1.58 bits per heavy atom. The van der Waals surface area contributed by atoms with Gasteiger partial charge in [0.1, 0.15) is 5.75 Å². The monoisotopic (exact) mass is 343 g/mol. The quantitative estimate of drug-likeness (QED) is 0.787. The van der Waals surface area contributed by atoms with Crippen molar-refractivity contribution in [3.05, 3.63) is 78.8 Å². The number of sulfonamides is 1. The first-order valence-corrected chi connectivity index (χ1v) is 8.41. The molecule has 0 fully saturated rings. The van der Waals surface area contributed by atoms with Crippen LogP contribution in [0.1, 0.15) is 10.6 Å². The fraction of sp³-hybridized carbons (Fsp3) is 0. The minimum Gasteiger partial charge on any atom is -0.508 e. The van der Waals surface area contributed by atoms with Crippen LogP contribution in [0.3, 0.4) is 0 Å². The molecule has 6 nitrogen and oxygen atoms in total. The van der Waals surface area contributed by atoms with Gasteiger partial charge in [0.15, 0.2) is 5.76 Å². The summed E-state index contributed by atoms with van der Waals surface area (Å²) in [5.41, 5.74) is 0.0954. The van der Waals surface area contributed by atoms with Crippen molar-refractivity contribution < 1.29 is 22.7 Å². The van der Waals surface area contributed by atoms with E-state index in [1.54, 1.807) is 18.2 Å². The molecule has 0 bridgehead atoms. The van der Waals surface area contributed by atoms with E-state index in [0.29, 0.717) is 4.31 Å². The fourth-order valence-corrected chi connectivity index (χ4v) is 3.57. The summed E-state index contributed by atoms with van der Waals surface area (Å²) in [6.07, 6.45) is 1.29. The fourth-order valence-electron chi connectivity index (χ4n) is 2.15. The smallest absolute Gasteiger partial charge is 0.307 e. The molecule has 122 valence electrons. The zero-order chi connectivity index (χ0) is 17.2. The Morgan fingerprint density at radius 1 is 0.917 bits per heavy atom. The maximum absolute atomic E-state index is 13.0. The second-order valence-corrected chi connectivity index (χ2v) is 6.67. The molecular formula is C17H13NO5S. The number of phenols is 1. The van der Waals surface area contributed by atoms with Crippen LogP contribution < -0.4 is 4.31 Å². The molecule has 0 aliphatic carbocycles. The van der Waals surface area contributed by atoms with E-state index in [1.807, 2.05) is 0 Å². The summed E-state index contributed by atoms with van der Waals surface area (Å²) in [5.74, 6) is -0.974. The number of aromatic hydroxyl groups is 1. The average molecular weight is 343 g/mol. The van der Waals surface area contributed by atoms with Gasteiger partial charge in [0, 0.05) is 0 Å². The number of carbonyl (C=O) groups is 1. The number of hydrogen-bond acceptors (Lipinski definition) is 5. The van der Waals surface area contributed by atoms with Crippen LogP contribution in [0.2, 0.25) is 0 Å². The van der Waals surface area contributed by atoms with Crippen molar-refractivity contribution >= 4 is 21.6 Å². The maximum atomic E-state index is 13.0. The van der Waals surface area contributed by atoms with Crippen molar-refractivity contribution in [2.75, 3.05) is 4.31 Å². The highest BCUT2D eigenvalue weighted by atomic mass is 32.2. The van der Waals surface area contributed by atoms with Gasteiger partial charge in [0.2, 0.25) is 0 Å². The number of nitrogens with zero attached hydrogens (tertiary/aromatic N) is 1. The normalized spacial score (nSPS) is 11.2. The number of anilines is 1. The van der Waals surface area contributed by atoms with Gasteiger partial charge < -0.3 is 9.52 Å². The molecule has 0 radical (unpaired) electrons. The highest BCUT2D eigenvalue weighted by Gasteiger charge is 2.33. The van der Waals surface area contributed by atoms with Gasteiger partial charge >= 0.3 is 5.91 Å². The third-order valence-corrected chi connectivity index (χ3v) is 5.01. The van der Waals surface area contributed by atoms with Crippen molar-refractivity contribution in [2.45, 2.75) is 4.90 Å². The molecule has 0 unspecified atom stereocenters. The molecule has 1 amide bonds. The minimum atomic E-state index is -4.15. The molecule has 1 heterocycles. The van der Waals surface area contributed by atoms with Crippen molar-refractivity contribution in [3.8, 4) is 5.75 Å². The van der Waals surface area contributed by atoms with Crippen LogP contribution in [-0.2, 0) is 10.0 Å². The molecule has 3 rings (SSSR count). The lowest BCUT2D eigenvalue weighted by Crippen LogP contribution is -2.36. The Bertz CT molecular complexity index is 932. The number of rotatable bonds is 4. The van der Waals surface area contributed by atoms with Crippen LogP contribution in [0.15, 0.2) is 82.3 Å². The summed E-state index contributed by atoms with van der Waals surface area (Å²) in [6, 6.07) is 15.8. The first-order chi connectivity index (χ1) is 11.5. The molecule has 1 aromatic heterocycles. The van der Waals surface area contributed by atoms with Gasteiger partial charge in [-0.25, -0.2) is 8.42 Å². The first kappa shape index (κ1) is 15.8. The zero-order valence-electron chi connectivity index (χ0n) is 12.4. The lowest BCUT2D eigenvalue weighted by Gasteiger charge is -2.21. The van der Waals surface area contributed by atoms with E-state index < -0.39 is 15.9 Å². The number of furan rings is 1. The standard InChI is InChI=1S/C17H13NO5S/c19-14-10-8-13(9-11-14)18(17(20)16-7-4-12-23-16)24(21,22)15-5-2-1-3-6-15/h1-12,19H. The van der Waals surface area contributed by atoms with E-state index >= 15 is 0 Å². The predicted molar refractivity (Wildman–Crippen MR) is 87.3 cm³/mol. The molecule has 0 saturated heterocycles. The summed E-state index contributed by atoms with van der Waals surface area (Å²) in [4.78, 5) is 12.7. The number of phenolic OH excluding ortho intramolecular Hbond substituents is 1. The summed E-state index contributed by atoms with van der Waals surface area (Å²) >= 11 is 0. The van der Waals surface area contributed by atoms with Crippen molar-refractivity contribution in [2.24, 2.45) is 0 Å². The van der Waals surface area contributed by atoms with Crippen LogP contribution in [-0.4, -0.2) is 19.4 Å². The minimum absolute atomic E-state index is 0.0296. The second kappa shape index (κ2) is 6.21. The van der Waals surface area contributed by atoms with Crippen LogP contribution >= 0.6 is 0 Å². The zero-order valence-corrected chi connectivity index (χ0v) is 13.2. The lowest BCUT2D eigenvalue weighted by atomic mass is 10.3. The van der Waals surface area contributed by atoms with E-state index in [0.717, 1.165) is 0 Å².